The molecule has 6 heteroatoms. The van der Waals surface area contributed by atoms with Crippen LogP contribution in [0.5, 0.6) is 0 Å². The van der Waals surface area contributed by atoms with Gasteiger partial charge in [-0.1, -0.05) is 0 Å². The summed E-state index contributed by atoms with van der Waals surface area (Å²) in [5.74, 6) is -3.16. The van der Waals surface area contributed by atoms with Crippen molar-refractivity contribution >= 4 is 5.91 Å². The van der Waals surface area contributed by atoms with Crippen LogP contribution < -0.4 is 5.32 Å². The summed E-state index contributed by atoms with van der Waals surface area (Å²) < 4.78 is 30.6. The van der Waals surface area contributed by atoms with Crippen LogP contribution >= 0.6 is 0 Å². The second-order valence-corrected chi connectivity index (χ2v) is 3.07. The van der Waals surface area contributed by atoms with Crippen LogP contribution in [0.3, 0.4) is 0 Å². The summed E-state index contributed by atoms with van der Waals surface area (Å²) in [7, 11) is 1.54. The molecule has 0 saturated carbocycles. The smallest absolute Gasteiger partial charge is 0.254 e. The van der Waals surface area contributed by atoms with Gasteiger partial charge in [-0.2, -0.15) is 4.39 Å². The number of carbonyl (C=O) groups excluding carboxylic acids is 1. The molecule has 0 aliphatic heterocycles. The predicted molar refractivity (Wildman–Crippen MR) is 53.0 cm³/mol. The highest BCUT2D eigenvalue weighted by atomic mass is 19.2. The van der Waals surface area contributed by atoms with Crippen molar-refractivity contribution in [3.05, 3.63) is 29.6 Å². The Balaban J connectivity index is 2.56. The standard InChI is InChI=1S/C10H12F2N2O2/c1-16-6-2-4-14-10(15)7-3-5-13-9(12)8(7)11/h3,5H,2,4,6H2,1H3,(H,14,15). The first-order valence-corrected chi connectivity index (χ1v) is 4.74. The van der Waals surface area contributed by atoms with Gasteiger partial charge in [0, 0.05) is 26.5 Å². The highest BCUT2D eigenvalue weighted by Crippen LogP contribution is 2.08. The van der Waals surface area contributed by atoms with Crippen LogP contribution in [0.4, 0.5) is 8.78 Å². The second-order valence-electron chi connectivity index (χ2n) is 3.07. The molecule has 0 spiro atoms. The number of hydrogen-bond donors (Lipinski definition) is 1. The van der Waals surface area contributed by atoms with E-state index < -0.39 is 17.7 Å². The number of methoxy groups -OCH3 is 1. The first-order valence-electron chi connectivity index (χ1n) is 4.74. The van der Waals surface area contributed by atoms with Crippen molar-refractivity contribution in [2.45, 2.75) is 6.42 Å². The average Bonchev–Trinajstić information content (AvgIpc) is 2.28. The molecule has 0 saturated heterocycles. The molecule has 4 nitrogen and oxygen atoms in total. The Morgan fingerprint density at radius 3 is 3.00 bits per heavy atom. The minimum Gasteiger partial charge on any atom is -0.385 e. The summed E-state index contributed by atoms with van der Waals surface area (Å²) in [5.41, 5.74) is -0.343. The molecule has 0 fully saturated rings. The van der Waals surface area contributed by atoms with Crippen LogP contribution in [0.15, 0.2) is 12.3 Å². The maximum Gasteiger partial charge on any atom is 0.254 e. The van der Waals surface area contributed by atoms with Crippen LogP contribution in [-0.2, 0) is 4.74 Å². The lowest BCUT2D eigenvalue weighted by Gasteiger charge is -2.05. The summed E-state index contributed by atoms with van der Waals surface area (Å²) in [5, 5.41) is 2.45. The van der Waals surface area contributed by atoms with E-state index in [-0.39, 0.29) is 5.56 Å². The molecule has 88 valence electrons. The van der Waals surface area contributed by atoms with E-state index in [0.717, 1.165) is 12.3 Å². The second kappa shape index (κ2) is 6.12. The van der Waals surface area contributed by atoms with Crippen molar-refractivity contribution < 1.29 is 18.3 Å². The minimum absolute atomic E-state index is 0.343. The summed E-state index contributed by atoms with van der Waals surface area (Å²) in [6.07, 6.45) is 1.65. The fourth-order valence-electron chi connectivity index (χ4n) is 1.11. The van der Waals surface area contributed by atoms with Crippen LogP contribution in [0.2, 0.25) is 0 Å². The first-order chi connectivity index (χ1) is 7.66. The number of carbonyl (C=O) groups is 1. The molecule has 1 aromatic rings. The zero-order valence-corrected chi connectivity index (χ0v) is 8.80. The predicted octanol–water partition coefficient (Wildman–Crippen LogP) is 1.13. The van der Waals surface area contributed by atoms with Crippen molar-refractivity contribution in [3.8, 4) is 0 Å². The Bertz CT molecular complexity index is 372. The largest absolute Gasteiger partial charge is 0.385 e. The van der Waals surface area contributed by atoms with Gasteiger partial charge in [0.25, 0.3) is 5.91 Å². The zero-order chi connectivity index (χ0) is 12.0. The fourth-order valence-corrected chi connectivity index (χ4v) is 1.11. The number of ether oxygens (including phenoxy) is 1. The molecular formula is C10H12F2N2O2. The number of rotatable bonds is 5. The molecule has 0 atom stereocenters. The van der Waals surface area contributed by atoms with E-state index in [1.807, 2.05) is 0 Å². The van der Waals surface area contributed by atoms with E-state index >= 15 is 0 Å². The molecular weight excluding hydrogens is 218 g/mol. The summed E-state index contributed by atoms with van der Waals surface area (Å²) in [6.45, 7) is 0.837. The number of aromatic nitrogens is 1. The molecule has 1 amide bonds. The van der Waals surface area contributed by atoms with Crippen LogP contribution in [0.25, 0.3) is 0 Å². The van der Waals surface area contributed by atoms with Gasteiger partial charge >= 0.3 is 0 Å². The van der Waals surface area contributed by atoms with Gasteiger partial charge < -0.3 is 10.1 Å². The molecule has 1 N–H and O–H groups in total. The molecule has 1 aromatic heterocycles. The molecule has 0 unspecified atom stereocenters. The minimum atomic E-state index is -1.27. The van der Waals surface area contributed by atoms with Gasteiger partial charge in [0.1, 0.15) is 0 Å². The highest BCUT2D eigenvalue weighted by molar-refractivity contribution is 5.94. The SMILES string of the molecule is COCCCNC(=O)c1ccnc(F)c1F. The molecule has 0 radical (unpaired) electrons. The van der Waals surface area contributed by atoms with Gasteiger partial charge in [0.2, 0.25) is 5.95 Å². The van der Waals surface area contributed by atoms with Gasteiger partial charge in [0.05, 0.1) is 5.56 Å². The Labute approximate surface area is 91.6 Å². The average molecular weight is 230 g/mol. The Hall–Kier alpha value is -1.56. The Kier molecular flexibility index (Phi) is 4.78. The van der Waals surface area contributed by atoms with Gasteiger partial charge in [-0.3, -0.25) is 4.79 Å². The number of nitrogens with zero attached hydrogens (tertiary/aromatic N) is 1. The van der Waals surface area contributed by atoms with Gasteiger partial charge in [0.15, 0.2) is 5.82 Å². The lowest BCUT2D eigenvalue weighted by atomic mass is 10.2. The fraction of sp³-hybridized carbons (Fsp3) is 0.400. The van der Waals surface area contributed by atoms with Crippen LogP contribution in [0.1, 0.15) is 16.8 Å². The van der Waals surface area contributed by atoms with Gasteiger partial charge in [-0.05, 0) is 12.5 Å². The molecule has 1 heterocycles. The van der Waals surface area contributed by atoms with E-state index in [4.69, 9.17) is 4.74 Å². The number of halogens is 2. The van der Waals surface area contributed by atoms with Crippen molar-refractivity contribution in [1.82, 2.24) is 10.3 Å². The zero-order valence-electron chi connectivity index (χ0n) is 8.80. The normalized spacial score (nSPS) is 10.2. The molecule has 16 heavy (non-hydrogen) atoms. The number of amides is 1. The highest BCUT2D eigenvalue weighted by Gasteiger charge is 2.15. The summed E-state index contributed by atoms with van der Waals surface area (Å²) >= 11 is 0. The summed E-state index contributed by atoms with van der Waals surface area (Å²) in [6, 6.07) is 1.13. The van der Waals surface area contributed by atoms with Crippen molar-refractivity contribution in [2.75, 3.05) is 20.3 Å². The van der Waals surface area contributed by atoms with E-state index in [1.54, 1.807) is 7.11 Å². The van der Waals surface area contributed by atoms with Gasteiger partial charge in [-0.25, -0.2) is 9.37 Å². The molecule has 1 rings (SSSR count). The third-order valence-corrected chi connectivity index (χ3v) is 1.90. The van der Waals surface area contributed by atoms with Crippen LogP contribution in [0, 0.1) is 11.8 Å². The molecule has 0 aliphatic rings. The summed E-state index contributed by atoms with van der Waals surface area (Å²) in [4.78, 5) is 14.5. The van der Waals surface area contributed by atoms with Crippen LogP contribution in [-0.4, -0.2) is 31.2 Å². The number of nitrogens with one attached hydrogen (secondary N) is 1. The molecule has 0 aromatic carbocycles. The van der Waals surface area contributed by atoms with Crippen molar-refractivity contribution in [2.24, 2.45) is 0 Å². The van der Waals surface area contributed by atoms with Crippen molar-refractivity contribution in [1.29, 1.82) is 0 Å². The number of pyridine rings is 1. The quantitative estimate of drug-likeness (QED) is 0.609. The van der Waals surface area contributed by atoms with Crippen molar-refractivity contribution in [3.63, 3.8) is 0 Å². The maximum atomic E-state index is 13.1. The van der Waals surface area contributed by atoms with E-state index in [2.05, 4.69) is 10.3 Å². The van der Waals surface area contributed by atoms with E-state index in [0.29, 0.717) is 19.6 Å². The third kappa shape index (κ3) is 3.23. The van der Waals surface area contributed by atoms with E-state index in [1.165, 1.54) is 0 Å². The monoisotopic (exact) mass is 230 g/mol. The third-order valence-electron chi connectivity index (χ3n) is 1.90. The Morgan fingerprint density at radius 2 is 2.31 bits per heavy atom. The number of hydrogen-bond acceptors (Lipinski definition) is 3. The first kappa shape index (κ1) is 12.5. The Morgan fingerprint density at radius 1 is 1.56 bits per heavy atom. The van der Waals surface area contributed by atoms with Gasteiger partial charge in [-0.15, -0.1) is 0 Å². The lowest BCUT2D eigenvalue weighted by Crippen LogP contribution is -2.26. The molecule has 0 bridgehead atoms. The topological polar surface area (TPSA) is 51.2 Å². The lowest BCUT2D eigenvalue weighted by molar-refractivity contribution is 0.0943. The van der Waals surface area contributed by atoms with E-state index in [9.17, 15) is 13.6 Å². The molecule has 0 aliphatic carbocycles. The maximum absolute atomic E-state index is 13.1.